The molecule has 1 aliphatic carbocycles. The Morgan fingerprint density at radius 3 is 2.63 bits per heavy atom. The second-order valence-corrected chi connectivity index (χ2v) is 13.2. The highest BCUT2D eigenvalue weighted by Gasteiger charge is 2.72. The summed E-state index contributed by atoms with van der Waals surface area (Å²) in [6.45, 7) is 10.0. The zero-order valence-electron chi connectivity index (χ0n) is 24.8. The summed E-state index contributed by atoms with van der Waals surface area (Å²) in [5, 5.41) is 6.38. The molecule has 8 heteroatoms. The van der Waals surface area contributed by atoms with E-state index in [1.165, 1.54) is 25.7 Å². The topological polar surface area (TPSA) is 91.0 Å². The first kappa shape index (κ1) is 28.4. The van der Waals surface area contributed by atoms with Gasteiger partial charge in [-0.15, -0.1) is 0 Å². The molecule has 0 unspecified atom stereocenters. The van der Waals surface area contributed by atoms with Crippen molar-refractivity contribution in [3.05, 3.63) is 42.0 Å². The Morgan fingerprint density at radius 1 is 1.05 bits per heavy atom. The zero-order chi connectivity index (χ0) is 28.7. The van der Waals surface area contributed by atoms with Crippen LogP contribution in [0.4, 0.5) is 5.69 Å². The van der Waals surface area contributed by atoms with Crippen LogP contribution in [-0.2, 0) is 19.1 Å². The summed E-state index contributed by atoms with van der Waals surface area (Å²) in [5.74, 6) is -0.984. The lowest BCUT2D eigenvalue weighted by molar-refractivity contribution is -0.141. The predicted molar refractivity (Wildman–Crippen MR) is 158 cm³/mol. The summed E-state index contributed by atoms with van der Waals surface area (Å²) in [4.78, 5) is 46.3. The number of nitrogens with one attached hydrogen (secondary N) is 2. The quantitative estimate of drug-likeness (QED) is 0.469. The molecule has 0 aromatic heterocycles. The number of hydrogen-bond acceptors (Lipinski definition) is 5. The molecule has 222 valence electrons. The normalized spacial score (nSPS) is 36.4. The molecule has 8 nitrogen and oxygen atoms in total. The second kappa shape index (κ2) is 11.5. The van der Waals surface area contributed by atoms with Gasteiger partial charge in [0.25, 0.3) is 0 Å². The van der Waals surface area contributed by atoms with Crippen LogP contribution in [0.25, 0.3) is 0 Å². The van der Waals surface area contributed by atoms with Crippen molar-refractivity contribution in [3.8, 4) is 0 Å². The van der Waals surface area contributed by atoms with Crippen molar-refractivity contribution in [2.75, 3.05) is 31.5 Å². The molecule has 1 spiro atoms. The molecule has 1 aromatic rings. The molecule has 4 heterocycles. The number of fused-ring (bicyclic) bond motifs is 1. The van der Waals surface area contributed by atoms with E-state index in [1.54, 1.807) is 4.90 Å². The third kappa shape index (κ3) is 5.22. The van der Waals surface area contributed by atoms with E-state index in [0.29, 0.717) is 24.1 Å². The number of ether oxygens (including phenoxy) is 1. The Kier molecular flexibility index (Phi) is 7.98. The highest BCUT2D eigenvalue weighted by molar-refractivity contribution is 6.02. The molecular weight excluding hydrogens is 516 g/mol. The highest BCUT2D eigenvalue weighted by atomic mass is 16.5. The van der Waals surface area contributed by atoms with Crippen molar-refractivity contribution < 1.29 is 19.1 Å². The first-order valence-corrected chi connectivity index (χ1v) is 15.9. The van der Waals surface area contributed by atoms with Crippen LogP contribution in [0, 0.1) is 30.6 Å². The van der Waals surface area contributed by atoms with Crippen LogP contribution in [0.1, 0.15) is 64.4 Å². The van der Waals surface area contributed by atoms with Crippen molar-refractivity contribution in [3.63, 3.8) is 0 Å². The van der Waals surface area contributed by atoms with Crippen LogP contribution in [0.2, 0.25) is 0 Å². The van der Waals surface area contributed by atoms with Crippen molar-refractivity contribution in [1.82, 2.24) is 15.1 Å². The lowest BCUT2D eigenvalue weighted by Crippen LogP contribution is -2.58. The molecule has 3 saturated heterocycles. The minimum Gasteiger partial charge on any atom is -0.359 e. The number of anilines is 1. The maximum atomic E-state index is 14.2. The van der Waals surface area contributed by atoms with E-state index < -0.39 is 29.6 Å². The van der Waals surface area contributed by atoms with Gasteiger partial charge in [0.15, 0.2) is 0 Å². The molecule has 2 bridgehead atoms. The summed E-state index contributed by atoms with van der Waals surface area (Å²) in [6.07, 6.45) is 11.0. The molecule has 8 atom stereocenters. The molecule has 0 radical (unpaired) electrons. The van der Waals surface area contributed by atoms with Crippen LogP contribution in [0.3, 0.4) is 0 Å². The number of benzene rings is 1. The van der Waals surface area contributed by atoms with Gasteiger partial charge in [0.2, 0.25) is 17.7 Å². The van der Waals surface area contributed by atoms with E-state index in [4.69, 9.17) is 4.74 Å². The van der Waals surface area contributed by atoms with E-state index in [0.717, 1.165) is 44.5 Å². The first-order valence-electron chi connectivity index (χ1n) is 15.9. The molecule has 4 fully saturated rings. The average Bonchev–Trinajstić information content (AvgIpc) is 3.59. The molecule has 41 heavy (non-hydrogen) atoms. The fourth-order valence-electron chi connectivity index (χ4n) is 8.15. The predicted octanol–water partition coefficient (Wildman–Crippen LogP) is 3.90. The smallest absolute Gasteiger partial charge is 0.246 e. The standard InChI is InChI=1S/C33H46N4O4/c1-21-10-7-12-24(20-21)34-30(38)27-26-14-15-33(41-26)28(27)32(40)37(19-9-18-36-16-5-4-6-17-36)29(33)31(39)35-25-13-8-11-22(2)23(25)3/h7,10,12,14-15,20,22-23,25-29H,4-6,8-9,11,13,16-19H2,1-3H3,(H,34,38)(H,35,39)/t22-,23+,25+,26-,27+,28-,29-,33-/m0/s1. The summed E-state index contributed by atoms with van der Waals surface area (Å²) in [7, 11) is 0. The van der Waals surface area contributed by atoms with Gasteiger partial charge in [0.1, 0.15) is 11.6 Å². The summed E-state index contributed by atoms with van der Waals surface area (Å²) in [6, 6.07) is 6.97. The van der Waals surface area contributed by atoms with Crippen molar-refractivity contribution in [1.29, 1.82) is 0 Å². The van der Waals surface area contributed by atoms with Gasteiger partial charge < -0.3 is 25.2 Å². The van der Waals surface area contributed by atoms with Gasteiger partial charge in [-0.2, -0.15) is 0 Å². The summed E-state index contributed by atoms with van der Waals surface area (Å²) in [5.41, 5.74) is 0.632. The van der Waals surface area contributed by atoms with E-state index in [-0.39, 0.29) is 23.8 Å². The third-order valence-electron chi connectivity index (χ3n) is 10.6. The second-order valence-electron chi connectivity index (χ2n) is 13.2. The van der Waals surface area contributed by atoms with Crippen LogP contribution in [0.15, 0.2) is 36.4 Å². The van der Waals surface area contributed by atoms with Crippen molar-refractivity contribution in [2.24, 2.45) is 23.7 Å². The monoisotopic (exact) mass is 562 g/mol. The number of piperidine rings is 1. The van der Waals surface area contributed by atoms with Crippen molar-refractivity contribution in [2.45, 2.75) is 89.5 Å². The largest absolute Gasteiger partial charge is 0.359 e. The van der Waals surface area contributed by atoms with E-state index >= 15 is 0 Å². The summed E-state index contributed by atoms with van der Waals surface area (Å²) < 4.78 is 6.54. The maximum absolute atomic E-state index is 14.2. The Morgan fingerprint density at radius 2 is 1.85 bits per heavy atom. The molecular formula is C33H46N4O4. The number of amides is 3. The fourth-order valence-corrected chi connectivity index (χ4v) is 8.15. The lowest BCUT2D eigenvalue weighted by Gasteiger charge is -2.38. The SMILES string of the molecule is Cc1cccc(NC(=O)[C@@H]2[C@@H]3C=C[C@]4(O3)[C@@H]2C(=O)N(CCCN2CCCCC2)[C@H]4C(=O)N[C@@H]2CCC[C@H](C)[C@H]2C)c1. The van der Waals surface area contributed by atoms with E-state index in [9.17, 15) is 14.4 Å². The maximum Gasteiger partial charge on any atom is 0.246 e. The Labute approximate surface area is 244 Å². The van der Waals surface area contributed by atoms with Gasteiger partial charge in [-0.25, -0.2) is 0 Å². The lowest BCUT2D eigenvalue weighted by atomic mass is 9.73. The Bertz CT molecular complexity index is 1200. The van der Waals surface area contributed by atoms with Crippen LogP contribution >= 0.6 is 0 Å². The van der Waals surface area contributed by atoms with Crippen LogP contribution < -0.4 is 10.6 Å². The number of aryl methyl sites for hydroxylation is 1. The van der Waals surface area contributed by atoms with Gasteiger partial charge in [0, 0.05) is 18.3 Å². The molecule has 5 aliphatic rings. The minimum atomic E-state index is -1.12. The zero-order valence-corrected chi connectivity index (χ0v) is 24.8. The van der Waals surface area contributed by atoms with Gasteiger partial charge in [0.05, 0.1) is 17.9 Å². The highest BCUT2D eigenvalue weighted by Crippen LogP contribution is 2.55. The molecule has 4 aliphatic heterocycles. The number of carbonyl (C=O) groups excluding carboxylic acids is 3. The van der Waals surface area contributed by atoms with Gasteiger partial charge in [-0.05, 0) is 81.8 Å². The van der Waals surface area contributed by atoms with Crippen molar-refractivity contribution >= 4 is 23.4 Å². The average molecular weight is 563 g/mol. The molecule has 6 rings (SSSR count). The Balaban J connectivity index is 1.25. The molecule has 2 N–H and O–H groups in total. The van der Waals surface area contributed by atoms with E-state index in [1.807, 2.05) is 43.3 Å². The van der Waals surface area contributed by atoms with Crippen LogP contribution in [-0.4, -0.2) is 77.5 Å². The third-order valence-corrected chi connectivity index (χ3v) is 10.6. The van der Waals surface area contributed by atoms with Crippen LogP contribution in [0.5, 0.6) is 0 Å². The molecule has 1 saturated carbocycles. The first-order chi connectivity index (χ1) is 19.8. The summed E-state index contributed by atoms with van der Waals surface area (Å²) >= 11 is 0. The molecule has 1 aromatic carbocycles. The van der Waals surface area contributed by atoms with E-state index in [2.05, 4.69) is 29.4 Å². The van der Waals surface area contributed by atoms with Gasteiger partial charge >= 0.3 is 0 Å². The number of nitrogens with zero attached hydrogens (tertiary/aromatic N) is 2. The minimum absolute atomic E-state index is 0.0787. The number of likely N-dealkylation sites (tertiary alicyclic amines) is 2. The Hall–Kier alpha value is -2.71. The van der Waals surface area contributed by atoms with Gasteiger partial charge in [-0.1, -0.05) is 57.4 Å². The number of hydrogen-bond donors (Lipinski definition) is 2. The molecule has 3 amide bonds. The number of rotatable bonds is 8. The van der Waals surface area contributed by atoms with Gasteiger partial charge in [-0.3, -0.25) is 14.4 Å². The fraction of sp³-hybridized carbons (Fsp3) is 0.667. The number of carbonyl (C=O) groups is 3.